The summed E-state index contributed by atoms with van der Waals surface area (Å²) in [4.78, 5) is 39.9. The summed E-state index contributed by atoms with van der Waals surface area (Å²) in [5.74, 6) is -0.574. The van der Waals surface area contributed by atoms with Gasteiger partial charge in [0.05, 0.1) is 33.8 Å². The van der Waals surface area contributed by atoms with Gasteiger partial charge < -0.3 is 28.5 Å². The SMILES string of the molecule is CCCCC/C=C\C/C=C\CCCCCCCCCCCC(=O)OC(/C=C/CCCCCCCCCCC)C(COP(=O)([O-])OCC[N+](C)(C)C)NC(=O)CCCCC/C=C/C=C/CCCCCCCCC. The Hall–Kier alpha value is -2.29. The number of carbonyl (C=O) groups is 2. The van der Waals surface area contributed by atoms with E-state index in [4.69, 9.17) is 13.8 Å². The fourth-order valence-electron chi connectivity index (χ4n) is 8.48. The van der Waals surface area contributed by atoms with Crippen molar-refractivity contribution in [2.75, 3.05) is 40.9 Å². The minimum atomic E-state index is -4.70. The first kappa shape index (κ1) is 69.7. The van der Waals surface area contributed by atoms with Crippen LogP contribution in [0.5, 0.6) is 0 Å². The van der Waals surface area contributed by atoms with Gasteiger partial charge in [-0.2, -0.15) is 0 Å². The van der Waals surface area contributed by atoms with E-state index in [1.54, 1.807) is 0 Å². The lowest BCUT2D eigenvalue weighted by molar-refractivity contribution is -0.870. The summed E-state index contributed by atoms with van der Waals surface area (Å²) in [5, 5.41) is 3.01. The number of unbranched alkanes of at least 4 members (excludes halogenated alkanes) is 31. The molecule has 0 aliphatic heterocycles. The van der Waals surface area contributed by atoms with Crippen LogP contribution in [-0.4, -0.2) is 69.4 Å². The lowest BCUT2D eigenvalue weighted by Crippen LogP contribution is -2.47. The summed E-state index contributed by atoms with van der Waals surface area (Å²) in [7, 11) is 1.16. The first-order valence-corrected chi connectivity index (χ1v) is 31.6. The number of phosphoric acid groups is 1. The molecule has 0 aromatic carbocycles. The van der Waals surface area contributed by atoms with Crippen LogP contribution in [0.1, 0.15) is 271 Å². The lowest BCUT2D eigenvalue weighted by Gasteiger charge is -2.30. The number of nitrogens with one attached hydrogen (secondary N) is 1. The predicted molar refractivity (Wildman–Crippen MR) is 307 cm³/mol. The first-order chi connectivity index (χ1) is 34.9. The molecular weight excluding hydrogens is 916 g/mol. The van der Waals surface area contributed by atoms with Gasteiger partial charge in [0.2, 0.25) is 5.91 Å². The van der Waals surface area contributed by atoms with E-state index >= 15 is 0 Å². The fraction of sp³-hybridized carbons (Fsp3) is 0.806. The Kier molecular flexibility index (Phi) is 50.5. The van der Waals surface area contributed by atoms with Gasteiger partial charge in [0.15, 0.2) is 0 Å². The van der Waals surface area contributed by atoms with Gasteiger partial charge in [0.1, 0.15) is 19.3 Å². The van der Waals surface area contributed by atoms with Crippen LogP contribution >= 0.6 is 7.82 Å². The van der Waals surface area contributed by atoms with Crippen LogP contribution in [0.15, 0.2) is 60.8 Å². The molecule has 1 N–H and O–H groups in total. The summed E-state index contributed by atoms with van der Waals surface area (Å²) in [5.41, 5.74) is 0. The highest BCUT2D eigenvalue weighted by Crippen LogP contribution is 2.38. The summed E-state index contributed by atoms with van der Waals surface area (Å²) in [6.07, 6.45) is 64.7. The monoisotopic (exact) mass is 1030 g/mol. The van der Waals surface area contributed by atoms with Gasteiger partial charge in [-0.25, -0.2) is 0 Å². The Labute approximate surface area is 445 Å². The molecule has 0 bridgehead atoms. The molecule has 1 amide bonds. The summed E-state index contributed by atoms with van der Waals surface area (Å²) in [6, 6.07) is -0.904. The Morgan fingerprint density at radius 1 is 0.500 bits per heavy atom. The maximum Gasteiger partial charge on any atom is 0.306 e. The third-order valence-corrected chi connectivity index (χ3v) is 14.2. The number of carbonyl (C=O) groups excluding carboxylic acids is 2. The number of likely N-dealkylation sites (N-methyl/N-ethyl adjacent to an activating group) is 1. The Morgan fingerprint density at radius 3 is 1.38 bits per heavy atom. The van der Waals surface area contributed by atoms with Crippen molar-refractivity contribution in [3.8, 4) is 0 Å². The second kappa shape index (κ2) is 52.2. The maximum absolute atomic E-state index is 13.5. The molecule has 3 unspecified atom stereocenters. The number of hydrogen-bond acceptors (Lipinski definition) is 7. The number of hydrogen-bond donors (Lipinski definition) is 1. The molecular formula is C62H115N2O7P. The maximum atomic E-state index is 13.5. The van der Waals surface area contributed by atoms with E-state index in [0.717, 1.165) is 83.5 Å². The van der Waals surface area contributed by atoms with Gasteiger partial charge in [-0.15, -0.1) is 0 Å². The van der Waals surface area contributed by atoms with Crippen LogP contribution in [0.4, 0.5) is 0 Å². The molecule has 0 aromatic heterocycles. The number of ether oxygens (including phenoxy) is 1. The van der Waals surface area contributed by atoms with Crippen LogP contribution in [0.3, 0.4) is 0 Å². The minimum absolute atomic E-state index is 0.0291. The van der Waals surface area contributed by atoms with Gasteiger partial charge in [-0.1, -0.05) is 230 Å². The van der Waals surface area contributed by atoms with Crippen LogP contribution in [-0.2, 0) is 27.9 Å². The Morgan fingerprint density at radius 2 is 0.889 bits per heavy atom. The van der Waals surface area contributed by atoms with Gasteiger partial charge in [0.25, 0.3) is 7.82 Å². The van der Waals surface area contributed by atoms with Gasteiger partial charge in [0, 0.05) is 12.8 Å². The third-order valence-electron chi connectivity index (χ3n) is 13.2. The smallest absolute Gasteiger partial charge is 0.306 e. The van der Waals surface area contributed by atoms with E-state index in [2.05, 4.69) is 74.7 Å². The highest BCUT2D eigenvalue weighted by Gasteiger charge is 2.27. The number of allylic oxidation sites excluding steroid dienone is 9. The average Bonchev–Trinajstić information content (AvgIpc) is 3.34. The highest BCUT2D eigenvalue weighted by atomic mass is 31.2. The standard InChI is InChI=1S/C62H115N2O7P/c1-7-10-13-16-19-22-25-27-29-31-32-33-35-37-40-43-46-49-52-55-62(66)71-60(53-50-47-44-41-38-24-21-18-15-12-9-3)59(58-70-72(67,68)69-57-56-64(4,5)6)63-61(65)54-51-48-45-42-39-36-34-30-28-26-23-20-17-14-11-8-2/h19,22,27,29-30,34,36,39,50,53,59-60H,7-18,20-21,23-26,28,31-33,35,37-38,40-49,51-52,54-58H2,1-6H3,(H-,63,65,67,68)/b22-19-,29-27-,34-30+,39-36+,53-50+. The Bertz CT molecular complexity index is 1420. The van der Waals surface area contributed by atoms with Gasteiger partial charge >= 0.3 is 5.97 Å². The summed E-state index contributed by atoms with van der Waals surface area (Å²) in [6.45, 7) is 6.79. The van der Waals surface area contributed by atoms with E-state index in [-0.39, 0.29) is 31.3 Å². The molecule has 0 radical (unpaired) electrons. The fourth-order valence-corrected chi connectivity index (χ4v) is 9.21. The quantitative estimate of drug-likeness (QED) is 0.0161. The number of esters is 1. The third kappa shape index (κ3) is 52.6. The lowest BCUT2D eigenvalue weighted by atomic mass is 10.1. The molecule has 0 saturated carbocycles. The molecule has 0 aliphatic carbocycles. The zero-order chi connectivity index (χ0) is 52.9. The number of nitrogens with zero attached hydrogens (tertiary/aromatic N) is 1. The van der Waals surface area contributed by atoms with Crippen molar-refractivity contribution < 1.29 is 37.3 Å². The second-order valence-corrected chi connectivity index (χ2v) is 22.9. The summed E-state index contributed by atoms with van der Waals surface area (Å²) >= 11 is 0. The van der Waals surface area contributed by atoms with Crippen molar-refractivity contribution in [3.05, 3.63) is 60.8 Å². The largest absolute Gasteiger partial charge is 0.756 e. The van der Waals surface area contributed by atoms with Crippen molar-refractivity contribution in [3.63, 3.8) is 0 Å². The van der Waals surface area contributed by atoms with Crippen molar-refractivity contribution in [2.24, 2.45) is 0 Å². The van der Waals surface area contributed by atoms with Crippen LogP contribution in [0.2, 0.25) is 0 Å². The average molecular weight is 1030 g/mol. The molecule has 0 aliphatic rings. The molecule has 0 rings (SSSR count). The van der Waals surface area contributed by atoms with Crippen molar-refractivity contribution >= 4 is 19.7 Å². The normalized spacial score (nSPS) is 14.2. The first-order valence-electron chi connectivity index (χ1n) is 30.1. The van der Waals surface area contributed by atoms with E-state index in [0.29, 0.717) is 17.4 Å². The van der Waals surface area contributed by atoms with E-state index in [1.807, 2.05) is 33.3 Å². The van der Waals surface area contributed by atoms with Crippen LogP contribution < -0.4 is 10.2 Å². The molecule has 0 saturated heterocycles. The number of rotatable bonds is 54. The molecule has 420 valence electrons. The number of amides is 1. The molecule has 3 atom stereocenters. The van der Waals surface area contributed by atoms with Crippen molar-refractivity contribution in [2.45, 2.75) is 283 Å². The zero-order valence-corrected chi connectivity index (χ0v) is 48.8. The van der Waals surface area contributed by atoms with E-state index in [9.17, 15) is 19.0 Å². The summed E-state index contributed by atoms with van der Waals surface area (Å²) < 4.78 is 30.2. The van der Waals surface area contributed by atoms with Crippen molar-refractivity contribution in [1.82, 2.24) is 5.32 Å². The van der Waals surface area contributed by atoms with Crippen LogP contribution in [0, 0.1) is 0 Å². The highest BCUT2D eigenvalue weighted by molar-refractivity contribution is 7.45. The Balaban J connectivity index is 5.30. The molecule has 72 heavy (non-hydrogen) atoms. The van der Waals surface area contributed by atoms with Gasteiger partial charge in [-0.3, -0.25) is 14.2 Å². The van der Waals surface area contributed by atoms with Crippen molar-refractivity contribution in [1.29, 1.82) is 0 Å². The van der Waals surface area contributed by atoms with E-state index < -0.39 is 26.6 Å². The molecule has 0 aromatic rings. The number of phosphoric ester groups is 1. The van der Waals surface area contributed by atoms with Gasteiger partial charge in [-0.05, 0) is 89.5 Å². The predicted octanol–water partition coefficient (Wildman–Crippen LogP) is 17.6. The molecule has 0 fully saturated rings. The molecule has 10 heteroatoms. The van der Waals surface area contributed by atoms with E-state index in [1.165, 1.54) is 148 Å². The number of quaternary nitrogens is 1. The topological polar surface area (TPSA) is 114 Å². The minimum Gasteiger partial charge on any atom is -0.756 e. The molecule has 0 spiro atoms. The molecule has 9 nitrogen and oxygen atoms in total. The molecule has 0 heterocycles. The van der Waals surface area contributed by atoms with Crippen LogP contribution in [0.25, 0.3) is 0 Å². The zero-order valence-electron chi connectivity index (χ0n) is 47.9. The second-order valence-electron chi connectivity index (χ2n) is 21.5.